The minimum atomic E-state index is -0.113. The van der Waals surface area contributed by atoms with Crippen molar-refractivity contribution in [2.45, 2.75) is 25.4 Å². The number of amides is 1. The average Bonchev–Trinajstić information content (AvgIpc) is 3.08. The van der Waals surface area contributed by atoms with Gasteiger partial charge in [-0.2, -0.15) is 0 Å². The molecule has 2 N–H and O–H groups in total. The molecule has 0 atom stereocenters. The Bertz CT molecular complexity index is 1030. The highest BCUT2D eigenvalue weighted by Gasteiger charge is 2.25. The molecule has 0 bridgehead atoms. The van der Waals surface area contributed by atoms with Crippen LogP contribution in [-0.4, -0.2) is 73.3 Å². The molecular weight excluding hydrogens is 432 g/mol. The summed E-state index contributed by atoms with van der Waals surface area (Å²) >= 11 is 0. The summed E-state index contributed by atoms with van der Waals surface area (Å²) in [6, 6.07) is 6.48. The molecule has 3 aliphatic heterocycles. The molecule has 2 saturated heterocycles. The quantitative estimate of drug-likeness (QED) is 0.630. The number of hydrogen-bond donors (Lipinski definition) is 2. The normalized spacial score (nSPS) is 18.6. The first-order valence-electron chi connectivity index (χ1n) is 12.0. The lowest BCUT2D eigenvalue weighted by molar-refractivity contribution is -0.116. The topological polar surface area (TPSA) is 91.9 Å². The number of ether oxygens (including phenoxy) is 2. The molecule has 3 aliphatic rings. The Kier molecular flexibility index (Phi) is 6.92. The fourth-order valence-electron chi connectivity index (χ4n) is 4.89. The molecule has 0 unspecified atom stereocenters. The largest absolute Gasteiger partial charge is 0.486 e. The summed E-state index contributed by atoms with van der Waals surface area (Å²) in [5, 5.41) is 6.38. The van der Waals surface area contributed by atoms with Crippen molar-refractivity contribution in [3.8, 4) is 5.75 Å². The molecule has 9 heteroatoms. The van der Waals surface area contributed by atoms with Gasteiger partial charge in [0.15, 0.2) is 0 Å². The molecule has 180 valence electrons. The number of anilines is 3. The molecule has 0 aliphatic carbocycles. The summed E-state index contributed by atoms with van der Waals surface area (Å²) in [5.74, 6) is 2.96. The van der Waals surface area contributed by atoms with E-state index in [-0.39, 0.29) is 5.91 Å². The lowest BCUT2D eigenvalue weighted by Crippen LogP contribution is -2.38. The maximum atomic E-state index is 11.3. The van der Waals surface area contributed by atoms with Gasteiger partial charge >= 0.3 is 0 Å². The number of likely N-dealkylation sites (tertiary alicyclic amines) is 1. The summed E-state index contributed by atoms with van der Waals surface area (Å²) < 4.78 is 11.7. The van der Waals surface area contributed by atoms with Crippen LogP contribution < -0.4 is 20.3 Å². The van der Waals surface area contributed by atoms with Crippen LogP contribution in [-0.2, 0) is 16.1 Å². The maximum Gasteiger partial charge on any atom is 0.243 e. The predicted molar refractivity (Wildman–Crippen MR) is 131 cm³/mol. The Morgan fingerprint density at radius 3 is 2.82 bits per heavy atom. The summed E-state index contributed by atoms with van der Waals surface area (Å²) in [5.41, 5.74) is 3.26. The zero-order chi connectivity index (χ0) is 23.3. The average molecular weight is 465 g/mol. The van der Waals surface area contributed by atoms with Crippen LogP contribution in [0.5, 0.6) is 5.75 Å². The third-order valence-electron chi connectivity index (χ3n) is 6.83. The van der Waals surface area contributed by atoms with E-state index >= 15 is 0 Å². The lowest BCUT2D eigenvalue weighted by Gasteiger charge is -2.32. The molecule has 1 aromatic heterocycles. The summed E-state index contributed by atoms with van der Waals surface area (Å²) in [6.07, 6.45) is 5.12. The van der Waals surface area contributed by atoms with Gasteiger partial charge in [-0.05, 0) is 55.6 Å². The van der Waals surface area contributed by atoms with Gasteiger partial charge in [-0.3, -0.25) is 4.79 Å². The molecule has 5 rings (SSSR count). The Morgan fingerprint density at radius 1 is 1.21 bits per heavy atom. The van der Waals surface area contributed by atoms with Gasteiger partial charge in [0.1, 0.15) is 30.3 Å². The number of nitrogens with zero attached hydrogens (tertiary/aromatic N) is 4. The van der Waals surface area contributed by atoms with Crippen LogP contribution in [0, 0.1) is 0 Å². The number of benzene rings is 1. The smallest absolute Gasteiger partial charge is 0.243 e. The highest BCUT2D eigenvalue weighted by atomic mass is 16.5. The lowest BCUT2D eigenvalue weighted by atomic mass is 9.89. The van der Waals surface area contributed by atoms with Crippen LogP contribution >= 0.6 is 0 Å². The summed E-state index contributed by atoms with van der Waals surface area (Å²) in [7, 11) is 0. The van der Waals surface area contributed by atoms with E-state index < -0.39 is 0 Å². The predicted octanol–water partition coefficient (Wildman–Crippen LogP) is 2.43. The van der Waals surface area contributed by atoms with Gasteiger partial charge in [0.05, 0.1) is 24.5 Å². The second-order valence-electron chi connectivity index (χ2n) is 8.90. The highest BCUT2D eigenvalue weighted by molar-refractivity contribution is 5.86. The van der Waals surface area contributed by atoms with Crippen molar-refractivity contribution in [2.24, 2.45) is 0 Å². The molecular formula is C25H32N6O3. The maximum absolute atomic E-state index is 11.3. The van der Waals surface area contributed by atoms with Crippen molar-refractivity contribution < 1.29 is 14.3 Å². The van der Waals surface area contributed by atoms with Crippen molar-refractivity contribution in [3.63, 3.8) is 0 Å². The molecule has 0 spiro atoms. The molecule has 9 nitrogen and oxygen atoms in total. The zero-order valence-electron chi connectivity index (χ0n) is 19.5. The van der Waals surface area contributed by atoms with Crippen molar-refractivity contribution >= 4 is 23.2 Å². The third kappa shape index (κ3) is 5.00. The Hall–Kier alpha value is -3.17. The summed E-state index contributed by atoms with van der Waals surface area (Å²) in [6.45, 7) is 10.5. The Morgan fingerprint density at radius 2 is 2.03 bits per heavy atom. The highest BCUT2D eigenvalue weighted by Crippen LogP contribution is 2.39. The number of morpholine rings is 1. The van der Waals surface area contributed by atoms with Gasteiger partial charge in [0.25, 0.3) is 0 Å². The Labute approximate surface area is 200 Å². The van der Waals surface area contributed by atoms with Crippen LogP contribution in [0.1, 0.15) is 29.9 Å². The van der Waals surface area contributed by atoms with Crippen LogP contribution in [0.4, 0.5) is 17.3 Å². The molecule has 0 radical (unpaired) electrons. The standard InChI is InChI=1S/C25H32N6O3/c1-2-23(32)26-7-10-30-8-5-18(6-9-30)19-3-4-22-21(15-19)29-24-20(16-34-22)25(28-17-27-24)31-11-13-33-14-12-31/h2-4,15,17-18H,1,5-14,16H2,(H,26,32)(H,27,28,29). The SMILES string of the molecule is C=CC(=O)NCCN1CCC(c2ccc3c(c2)Nc2ncnc(N4CCOCC4)c2CO3)CC1. The van der Waals surface area contributed by atoms with E-state index in [1.165, 1.54) is 11.6 Å². The van der Waals surface area contributed by atoms with Gasteiger partial charge in [0.2, 0.25) is 5.91 Å². The molecule has 4 heterocycles. The fourth-order valence-corrected chi connectivity index (χ4v) is 4.89. The third-order valence-corrected chi connectivity index (χ3v) is 6.83. The number of carbonyl (C=O) groups is 1. The number of fused-ring (bicyclic) bond motifs is 2. The zero-order valence-corrected chi connectivity index (χ0v) is 19.5. The number of aromatic nitrogens is 2. The van der Waals surface area contributed by atoms with E-state index in [4.69, 9.17) is 9.47 Å². The van der Waals surface area contributed by atoms with Gasteiger partial charge < -0.3 is 29.9 Å². The van der Waals surface area contributed by atoms with Gasteiger partial charge in [-0.25, -0.2) is 9.97 Å². The van der Waals surface area contributed by atoms with Gasteiger partial charge in [0, 0.05) is 26.2 Å². The van der Waals surface area contributed by atoms with E-state index in [1.807, 2.05) is 0 Å². The minimum absolute atomic E-state index is 0.113. The Balaban J connectivity index is 1.25. The first-order valence-corrected chi connectivity index (χ1v) is 12.0. The number of carbonyl (C=O) groups excluding carboxylic acids is 1. The van der Waals surface area contributed by atoms with Crippen molar-refractivity contribution in [3.05, 3.63) is 48.3 Å². The first kappa shape index (κ1) is 22.6. The number of nitrogens with one attached hydrogen (secondary N) is 2. The van der Waals surface area contributed by atoms with E-state index in [9.17, 15) is 4.79 Å². The summed E-state index contributed by atoms with van der Waals surface area (Å²) in [4.78, 5) is 25.1. The van der Waals surface area contributed by atoms with E-state index in [2.05, 4.69) is 55.2 Å². The van der Waals surface area contributed by atoms with Crippen LogP contribution in [0.3, 0.4) is 0 Å². The van der Waals surface area contributed by atoms with E-state index in [0.717, 1.165) is 74.2 Å². The van der Waals surface area contributed by atoms with Crippen LogP contribution in [0.15, 0.2) is 37.2 Å². The molecule has 2 fully saturated rings. The minimum Gasteiger partial charge on any atom is -0.486 e. The second-order valence-corrected chi connectivity index (χ2v) is 8.90. The van der Waals surface area contributed by atoms with E-state index in [1.54, 1.807) is 6.33 Å². The fraction of sp³-hybridized carbons (Fsp3) is 0.480. The van der Waals surface area contributed by atoms with Gasteiger partial charge in [-0.15, -0.1) is 0 Å². The molecule has 1 aromatic carbocycles. The van der Waals surface area contributed by atoms with Crippen LogP contribution in [0.25, 0.3) is 0 Å². The molecule has 0 saturated carbocycles. The number of hydrogen-bond acceptors (Lipinski definition) is 8. The monoisotopic (exact) mass is 464 g/mol. The molecule has 2 aromatic rings. The van der Waals surface area contributed by atoms with Gasteiger partial charge in [-0.1, -0.05) is 12.6 Å². The number of piperidine rings is 1. The second kappa shape index (κ2) is 10.4. The molecule has 1 amide bonds. The van der Waals surface area contributed by atoms with Crippen LogP contribution in [0.2, 0.25) is 0 Å². The van der Waals surface area contributed by atoms with E-state index in [0.29, 0.717) is 32.3 Å². The van der Waals surface area contributed by atoms with Crippen molar-refractivity contribution in [2.75, 3.05) is 62.7 Å². The molecule has 34 heavy (non-hydrogen) atoms. The van der Waals surface area contributed by atoms with Crippen molar-refractivity contribution in [1.29, 1.82) is 0 Å². The first-order chi connectivity index (χ1) is 16.7. The van der Waals surface area contributed by atoms with Crippen molar-refractivity contribution in [1.82, 2.24) is 20.2 Å². The number of rotatable bonds is 6.